The minimum atomic E-state index is -0.156. The van der Waals surface area contributed by atoms with Crippen LogP contribution in [0.25, 0.3) is 0 Å². The number of carbonyl (C=O) groups excluding carboxylic acids is 1. The smallest absolute Gasteiger partial charge is 0.307 e. The summed E-state index contributed by atoms with van der Waals surface area (Å²) < 4.78 is 6.16. The lowest BCUT2D eigenvalue weighted by Gasteiger charge is -2.48. The van der Waals surface area contributed by atoms with Gasteiger partial charge in [-0.3, -0.25) is 4.79 Å². The average molecular weight is 308 g/mol. The molecule has 7 unspecified atom stereocenters. The van der Waals surface area contributed by atoms with Gasteiger partial charge >= 0.3 is 5.97 Å². The maximum atomic E-state index is 12.2. The van der Waals surface area contributed by atoms with Crippen molar-refractivity contribution >= 4 is 18.6 Å². The van der Waals surface area contributed by atoms with Crippen molar-refractivity contribution < 1.29 is 9.53 Å². The molecule has 0 aliphatic heterocycles. The van der Waals surface area contributed by atoms with Crippen molar-refractivity contribution in [1.82, 2.24) is 0 Å². The van der Waals surface area contributed by atoms with Crippen LogP contribution >= 0.6 is 12.6 Å². The summed E-state index contributed by atoms with van der Waals surface area (Å²) in [4.78, 5) is 12.2. The van der Waals surface area contributed by atoms with Gasteiger partial charge in [0.1, 0.15) is 5.60 Å². The first-order valence-corrected chi connectivity index (χ1v) is 9.52. The summed E-state index contributed by atoms with van der Waals surface area (Å²) in [6.45, 7) is 4.52. The predicted molar refractivity (Wildman–Crippen MR) is 86.2 cm³/mol. The van der Waals surface area contributed by atoms with Crippen LogP contribution < -0.4 is 0 Å². The van der Waals surface area contributed by atoms with E-state index in [2.05, 4.69) is 26.5 Å². The summed E-state index contributed by atoms with van der Waals surface area (Å²) in [5.41, 5.74) is -0.156. The maximum absolute atomic E-state index is 12.2. The molecule has 0 N–H and O–H groups in total. The Balaban J connectivity index is 1.61. The first-order chi connectivity index (χ1) is 10.1. The largest absolute Gasteiger partial charge is 0.458 e. The minimum Gasteiger partial charge on any atom is -0.458 e. The number of esters is 1. The summed E-state index contributed by atoms with van der Waals surface area (Å²) in [7, 11) is 0. The molecule has 4 saturated carbocycles. The van der Waals surface area contributed by atoms with Crippen LogP contribution in [-0.2, 0) is 9.53 Å². The van der Waals surface area contributed by atoms with Crippen LogP contribution in [0.1, 0.15) is 52.4 Å². The van der Waals surface area contributed by atoms with Gasteiger partial charge in [0, 0.05) is 11.7 Å². The normalized spacial score (nSPS) is 49.9. The quantitative estimate of drug-likeness (QED) is 0.483. The van der Waals surface area contributed by atoms with Crippen LogP contribution in [0.3, 0.4) is 0 Å². The zero-order chi connectivity index (χ0) is 14.8. The third-order valence-electron chi connectivity index (χ3n) is 7.42. The standard InChI is InChI=1S/C18H28O2S/c1-10(2)18(20-15(19)5-6-21)9-13-8-14(18)17-12-4-3-11(7-12)16(13)17/h10-14,16-17,21H,3-9H2,1-2H3. The molecule has 0 aromatic rings. The van der Waals surface area contributed by atoms with Crippen molar-refractivity contribution in [3.05, 3.63) is 0 Å². The summed E-state index contributed by atoms with van der Waals surface area (Å²) in [5, 5.41) is 0. The van der Waals surface area contributed by atoms with E-state index in [4.69, 9.17) is 4.74 Å². The number of ether oxygens (including phenoxy) is 1. The molecule has 4 rings (SSSR count). The highest BCUT2D eigenvalue weighted by Gasteiger charge is 2.68. The lowest BCUT2D eigenvalue weighted by atomic mass is 9.63. The van der Waals surface area contributed by atoms with E-state index >= 15 is 0 Å². The topological polar surface area (TPSA) is 26.3 Å². The SMILES string of the molecule is CC(C)C1(OC(=O)CCS)CC2CC1C1C3CCC(C3)C21. The molecule has 118 valence electrons. The molecule has 0 radical (unpaired) electrons. The second-order valence-corrected chi connectivity index (χ2v) is 8.80. The Morgan fingerprint density at radius 3 is 2.57 bits per heavy atom. The Bertz CT molecular complexity index is 448. The molecule has 0 saturated heterocycles. The highest BCUT2D eigenvalue weighted by Crippen LogP contribution is 2.71. The highest BCUT2D eigenvalue weighted by atomic mass is 32.1. The van der Waals surface area contributed by atoms with Crippen molar-refractivity contribution in [2.45, 2.75) is 58.0 Å². The predicted octanol–water partition coefficient (Wildman–Crippen LogP) is 3.95. The Hall–Kier alpha value is -0.180. The second-order valence-electron chi connectivity index (χ2n) is 8.35. The third-order valence-corrected chi connectivity index (χ3v) is 7.64. The fourth-order valence-electron chi connectivity index (χ4n) is 6.88. The van der Waals surface area contributed by atoms with Crippen LogP contribution in [-0.4, -0.2) is 17.3 Å². The number of hydrogen-bond acceptors (Lipinski definition) is 3. The van der Waals surface area contributed by atoms with Gasteiger partial charge in [0.05, 0.1) is 6.42 Å². The van der Waals surface area contributed by atoms with Gasteiger partial charge in [-0.05, 0) is 67.6 Å². The van der Waals surface area contributed by atoms with E-state index in [-0.39, 0.29) is 11.6 Å². The van der Waals surface area contributed by atoms with Crippen LogP contribution in [0.2, 0.25) is 0 Å². The molecule has 7 atom stereocenters. The van der Waals surface area contributed by atoms with E-state index in [1.807, 2.05) is 0 Å². The molecule has 21 heavy (non-hydrogen) atoms. The van der Waals surface area contributed by atoms with Crippen LogP contribution in [0.15, 0.2) is 0 Å². The van der Waals surface area contributed by atoms with Crippen molar-refractivity contribution in [3.63, 3.8) is 0 Å². The summed E-state index contributed by atoms with van der Waals surface area (Å²) in [6, 6.07) is 0. The van der Waals surface area contributed by atoms with Gasteiger partial charge < -0.3 is 4.74 Å². The molecular formula is C18H28O2S. The molecule has 0 amide bonds. The molecule has 4 aliphatic rings. The van der Waals surface area contributed by atoms with Crippen molar-refractivity contribution in [2.75, 3.05) is 5.75 Å². The Morgan fingerprint density at radius 2 is 1.90 bits per heavy atom. The monoisotopic (exact) mass is 308 g/mol. The lowest BCUT2D eigenvalue weighted by molar-refractivity contribution is -0.180. The van der Waals surface area contributed by atoms with Gasteiger partial charge in [0.15, 0.2) is 0 Å². The molecule has 0 heterocycles. The molecule has 2 nitrogen and oxygen atoms in total. The number of hydrogen-bond donors (Lipinski definition) is 1. The van der Waals surface area contributed by atoms with Gasteiger partial charge in [-0.15, -0.1) is 0 Å². The molecular weight excluding hydrogens is 280 g/mol. The minimum absolute atomic E-state index is 0.0223. The first kappa shape index (κ1) is 14.4. The van der Waals surface area contributed by atoms with Gasteiger partial charge in [-0.25, -0.2) is 0 Å². The van der Waals surface area contributed by atoms with E-state index in [1.165, 1.54) is 25.7 Å². The van der Waals surface area contributed by atoms with Gasteiger partial charge in [0.25, 0.3) is 0 Å². The van der Waals surface area contributed by atoms with Crippen molar-refractivity contribution in [2.24, 2.45) is 41.4 Å². The fourth-order valence-corrected chi connectivity index (χ4v) is 7.06. The first-order valence-electron chi connectivity index (χ1n) is 8.89. The van der Waals surface area contributed by atoms with E-state index in [1.54, 1.807) is 0 Å². The van der Waals surface area contributed by atoms with E-state index in [0.717, 1.165) is 36.0 Å². The third kappa shape index (κ3) is 1.88. The molecule has 0 spiro atoms. The molecule has 4 bridgehead atoms. The highest BCUT2D eigenvalue weighted by molar-refractivity contribution is 7.80. The Kier molecular flexibility index (Phi) is 3.37. The van der Waals surface area contributed by atoms with Crippen LogP contribution in [0.5, 0.6) is 0 Å². The van der Waals surface area contributed by atoms with E-state index < -0.39 is 0 Å². The number of carbonyl (C=O) groups is 1. The Morgan fingerprint density at radius 1 is 1.19 bits per heavy atom. The van der Waals surface area contributed by atoms with Crippen molar-refractivity contribution in [3.8, 4) is 0 Å². The van der Waals surface area contributed by atoms with Gasteiger partial charge in [-0.2, -0.15) is 12.6 Å². The number of fused-ring (bicyclic) bond motifs is 9. The summed E-state index contributed by atoms with van der Waals surface area (Å²) in [5.74, 6) is 6.29. The van der Waals surface area contributed by atoms with Gasteiger partial charge in [0.2, 0.25) is 0 Å². The maximum Gasteiger partial charge on any atom is 0.307 e. The number of rotatable bonds is 4. The fraction of sp³-hybridized carbons (Fsp3) is 0.944. The molecule has 0 aromatic heterocycles. The second kappa shape index (κ2) is 4.91. The zero-order valence-electron chi connectivity index (χ0n) is 13.3. The van der Waals surface area contributed by atoms with E-state index in [0.29, 0.717) is 24.0 Å². The molecule has 4 aliphatic carbocycles. The summed E-state index contributed by atoms with van der Waals surface area (Å²) in [6.07, 6.45) is 7.31. The molecule has 0 aromatic carbocycles. The average Bonchev–Trinajstić information content (AvgIpc) is 3.16. The van der Waals surface area contributed by atoms with Crippen molar-refractivity contribution in [1.29, 1.82) is 0 Å². The lowest BCUT2D eigenvalue weighted by Crippen LogP contribution is -2.51. The molecule has 3 heteroatoms. The van der Waals surface area contributed by atoms with Crippen LogP contribution in [0, 0.1) is 41.4 Å². The number of thiol groups is 1. The Labute approximate surface area is 133 Å². The van der Waals surface area contributed by atoms with E-state index in [9.17, 15) is 4.79 Å². The molecule has 4 fully saturated rings. The summed E-state index contributed by atoms with van der Waals surface area (Å²) >= 11 is 4.18. The zero-order valence-corrected chi connectivity index (χ0v) is 14.1. The van der Waals surface area contributed by atoms with Gasteiger partial charge in [-0.1, -0.05) is 13.8 Å². The van der Waals surface area contributed by atoms with Crippen LogP contribution in [0.4, 0.5) is 0 Å².